The molecule has 1 unspecified atom stereocenters. The van der Waals surface area contributed by atoms with Crippen LogP contribution >= 0.6 is 11.3 Å². The molecule has 1 N–H and O–H groups in total. The Labute approximate surface area is 205 Å². The normalized spacial score (nSPS) is 16.1. The number of hydrogen-bond acceptors (Lipinski definition) is 8. The third-order valence-electron chi connectivity index (χ3n) is 5.92. The van der Waals surface area contributed by atoms with Crippen molar-refractivity contribution in [1.29, 1.82) is 10.5 Å². The maximum Gasteiger partial charge on any atom is 0.258 e. The van der Waals surface area contributed by atoms with E-state index >= 15 is 0 Å². The second kappa shape index (κ2) is 9.34. The molecule has 5 rings (SSSR count). The zero-order valence-corrected chi connectivity index (χ0v) is 19.4. The number of rotatable bonds is 6. The molecule has 0 saturated heterocycles. The average Bonchev–Trinajstić information content (AvgIpc) is 3.58. The minimum atomic E-state index is -0.353. The van der Waals surface area contributed by atoms with E-state index in [4.69, 9.17) is 10.00 Å². The second-order valence-electron chi connectivity index (χ2n) is 8.03. The summed E-state index contributed by atoms with van der Waals surface area (Å²) in [7, 11) is 1.53. The largest absolute Gasteiger partial charge is 0.496 e. The van der Waals surface area contributed by atoms with Gasteiger partial charge in [0.1, 0.15) is 10.8 Å². The number of anilines is 1. The molecule has 8 nitrogen and oxygen atoms in total. The number of amides is 1. The summed E-state index contributed by atoms with van der Waals surface area (Å²) in [5.41, 5.74) is 3.79. The fourth-order valence-corrected chi connectivity index (χ4v) is 4.95. The summed E-state index contributed by atoms with van der Waals surface area (Å²) in [6.07, 6.45) is 4.07. The standard InChI is InChI=1S/C26H18N6O2S/c1-34-23-7-4-16(13-28)10-20(23)22-14-29-9-8-18(22)24(33)30-26-32-31-25(35-26)21-11-19(21)17-5-2-15(12-27)3-6-17/h2-10,14,19,21H,11H2,1H3,(H,30,32,33)/t19-,21?/m0/s1. The highest BCUT2D eigenvalue weighted by Crippen LogP contribution is 2.55. The molecule has 9 heteroatoms. The van der Waals surface area contributed by atoms with E-state index in [0.29, 0.717) is 44.6 Å². The number of carbonyl (C=O) groups is 1. The third-order valence-corrected chi connectivity index (χ3v) is 6.89. The summed E-state index contributed by atoms with van der Waals surface area (Å²) in [5, 5.41) is 30.9. The molecule has 1 amide bonds. The van der Waals surface area contributed by atoms with E-state index in [-0.39, 0.29) is 11.8 Å². The number of hydrogen-bond donors (Lipinski definition) is 1. The molecule has 1 fully saturated rings. The zero-order chi connectivity index (χ0) is 24.4. The molecule has 170 valence electrons. The van der Waals surface area contributed by atoms with E-state index in [2.05, 4.69) is 32.6 Å². The van der Waals surface area contributed by atoms with Gasteiger partial charge in [0.25, 0.3) is 5.91 Å². The molecule has 4 aromatic rings. The van der Waals surface area contributed by atoms with Gasteiger partial charge in [-0.05, 0) is 54.3 Å². The highest BCUT2D eigenvalue weighted by Gasteiger charge is 2.42. The Balaban J connectivity index is 1.34. The van der Waals surface area contributed by atoms with Gasteiger partial charge in [-0.15, -0.1) is 10.2 Å². The molecule has 0 radical (unpaired) electrons. The number of nitrogens with zero attached hydrogens (tertiary/aromatic N) is 5. The average molecular weight is 479 g/mol. The molecule has 1 saturated carbocycles. The van der Waals surface area contributed by atoms with Crippen LogP contribution < -0.4 is 10.1 Å². The SMILES string of the molecule is COc1ccc(C#N)cc1-c1cnccc1C(=O)Nc1nnc(C2C[C@H]2c2ccc(C#N)cc2)s1. The van der Waals surface area contributed by atoms with Crippen molar-refractivity contribution in [2.75, 3.05) is 12.4 Å². The Morgan fingerprint density at radius 1 is 1.03 bits per heavy atom. The molecule has 2 atom stereocenters. The molecular formula is C26H18N6O2S. The van der Waals surface area contributed by atoms with Crippen LogP contribution in [0.1, 0.15) is 50.3 Å². The lowest BCUT2D eigenvalue weighted by atomic mass is 9.99. The van der Waals surface area contributed by atoms with Crippen LogP contribution in [0.4, 0.5) is 5.13 Å². The van der Waals surface area contributed by atoms with Gasteiger partial charge in [-0.1, -0.05) is 23.5 Å². The first-order valence-corrected chi connectivity index (χ1v) is 11.6. The maximum absolute atomic E-state index is 13.2. The number of benzene rings is 2. The van der Waals surface area contributed by atoms with Crippen molar-refractivity contribution in [3.8, 4) is 29.0 Å². The summed E-state index contributed by atoms with van der Waals surface area (Å²) in [4.78, 5) is 17.3. The highest BCUT2D eigenvalue weighted by molar-refractivity contribution is 7.15. The monoisotopic (exact) mass is 478 g/mol. The minimum absolute atomic E-state index is 0.251. The van der Waals surface area contributed by atoms with Gasteiger partial charge in [-0.25, -0.2) is 0 Å². The van der Waals surface area contributed by atoms with Crippen LogP contribution in [0.5, 0.6) is 5.75 Å². The van der Waals surface area contributed by atoms with E-state index in [0.717, 1.165) is 11.4 Å². The molecular weight excluding hydrogens is 460 g/mol. The lowest BCUT2D eigenvalue weighted by molar-refractivity contribution is 0.102. The summed E-state index contributed by atoms with van der Waals surface area (Å²) in [6, 6.07) is 18.5. The van der Waals surface area contributed by atoms with Gasteiger partial charge < -0.3 is 4.74 Å². The van der Waals surface area contributed by atoms with Gasteiger partial charge in [-0.2, -0.15) is 10.5 Å². The van der Waals surface area contributed by atoms with Gasteiger partial charge in [0.05, 0.1) is 35.9 Å². The number of aromatic nitrogens is 3. The smallest absolute Gasteiger partial charge is 0.258 e. The molecule has 2 aromatic carbocycles. The third kappa shape index (κ3) is 4.45. The second-order valence-corrected chi connectivity index (χ2v) is 9.04. The van der Waals surface area contributed by atoms with Crippen molar-refractivity contribution in [3.05, 3.63) is 88.2 Å². The van der Waals surface area contributed by atoms with E-state index in [1.165, 1.54) is 30.2 Å². The Morgan fingerprint density at radius 2 is 1.80 bits per heavy atom. The van der Waals surface area contributed by atoms with Crippen LogP contribution in [-0.4, -0.2) is 28.2 Å². The molecule has 2 aromatic heterocycles. The predicted octanol–water partition coefficient (Wildman–Crippen LogP) is 4.88. The van der Waals surface area contributed by atoms with Crippen molar-refractivity contribution < 1.29 is 9.53 Å². The number of pyridine rings is 1. The van der Waals surface area contributed by atoms with Crippen molar-refractivity contribution in [2.24, 2.45) is 0 Å². The summed E-state index contributed by atoms with van der Waals surface area (Å²) in [5.74, 6) is 0.771. The summed E-state index contributed by atoms with van der Waals surface area (Å²) >= 11 is 1.36. The molecule has 0 aliphatic heterocycles. The van der Waals surface area contributed by atoms with Crippen molar-refractivity contribution in [2.45, 2.75) is 18.3 Å². The Kier molecular flexibility index (Phi) is 5.92. The lowest BCUT2D eigenvalue weighted by Crippen LogP contribution is -2.13. The summed E-state index contributed by atoms with van der Waals surface area (Å²) < 4.78 is 5.44. The van der Waals surface area contributed by atoms with Crippen LogP contribution in [-0.2, 0) is 0 Å². The first kappa shape index (κ1) is 22.2. The van der Waals surface area contributed by atoms with Crippen LogP contribution in [0.2, 0.25) is 0 Å². The fourth-order valence-electron chi connectivity index (χ4n) is 4.04. The Hall–Kier alpha value is -4.60. The fraction of sp³-hybridized carbons (Fsp3) is 0.154. The minimum Gasteiger partial charge on any atom is -0.496 e. The number of ether oxygens (including phenoxy) is 1. The van der Waals surface area contributed by atoms with Crippen molar-refractivity contribution in [3.63, 3.8) is 0 Å². The maximum atomic E-state index is 13.2. The van der Waals surface area contributed by atoms with Crippen LogP contribution in [0.15, 0.2) is 60.9 Å². The molecule has 0 bridgehead atoms. The molecule has 2 heterocycles. The van der Waals surface area contributed by atoms with E-state index in [1.54, 1.807) is 30.5 Å². The van der Waals surface area contributed by atoms with E-state index in [1.807, 2.05) is 24.3 Å². The first-order valence-electron chi connectivity index (χ1n) is 10.8. The number of carbonyl (C=O) groups excluding carboxylic acids is 1. The van der Waals surface area contributed by atoms with Gasteiger partial charge in [-0.3, -0.25) is 15.1 Å². The van der Waals surface area contributed by atoms with Crippen LogP contribution in [0.3, 0.4) is 0 Å². The van der Waals surface area contributed by atoms with Gasteiger partial charge in [0.2, 0.25) is 5.13 Å². The van der Waals surface area contributed by atoms with Crippen molar-refractivity contribution >= 4 is 22.4 Å². The molecule has 1 aliphatic carbocycles. The van der Waals surface area contributed by atoms with Gasteiger partial charge >= 0.3 is 0 Å². The topological polar surface area (TPSA) is 125 Å². The van der Waals surface area contributed by atoms with Crippen molar-refractivity contribution in [1.82, 2.24) is 15.2 Å². The van der Waals surface area contributed by atoms with E-state index < -0.39 is 0 Å². The van der Waals surface area contributed by atoms with Gasteiger partial charge in [0.15, 0.2) is 0 Å². The van der Waals surface area contributed by atoms with Crippen LogP contribution in [0, 0.1) is 22.7 Å². The quantitative estimate of drug-likeness (QED) is 0.419. The highest BCUT2D eigenvalue weighted by atomic mass is 32.1. The Morgan fingerprint density at radius 3 is 2.54 bits per heavy atom. The number of nitriles is 2. The lowest BCUT2D eigenvalue weighted by Gasteiger charge is -2.12. The van der Waals surface area contributed by atoms with Gasteiger partial charge in [0, 0.05) is 29.4 Å². The van der Waals surface area contributed by atoms with Crippen LogP contribution in [0.25, 0.3) is 11.1 Å². The number of methoxy groups -OCH3 is 1. The first-order chi connectivity index (χ1) is 17.1. The Bertz CT molecular complexity index is 1500. The zero-order valence-electron chi connectivity index (χ0n) is 18.6. The number of nitrogens with one attached hydrogen (secondary N) is 1. The molecule has 35 heavy (non-hydrogen) atoms. The van der Waals surface area contributed by atoms with E-state index in [9.17, 15) is 10.1 Å². The molecule has 0 spiro atoms. The predicted molar refractivity (Wildman–Crippen MR) is 130 cm³/mol. The molecule has 1 aliphatic rings. The summed E-state index contributed by atoms with van der Waals surface area (Å²) in [6.45, 7) is 0.